The van der Waals surface area contributed by atoms with E-state index in [1.807, 2.05) is 21.1 Å². The summed E-state index contributed by atoms with van der Waals surface area (Å²) < 4.78 is 34.1. The maximum absolute atomic E-state index is 12.8. The Morgan fingerprint density at radius 2 is 0.838 bits per heavy atom. The second kappa shape index (κ2) is 49.2. The number of phosphoric ester groups is 1. The van der Waals surface area contributed by atoms with Gasteiger partial charge in [-0.2, -0.15) is 0 Å². The molecule has 2 unspecified atom stereocenters. The number of nitrogens with zero attached hydrogens (tertiary/aromatic N) is 1. The van der Waals surface area contributed by atoms with Crippen LogP contribution in [0.2, 0.25) is 0 Å². The molecule has 0 saturated heterocycles. The summed E-state index contributed by atoms with van der Waals surface area (Å²) in [7, 11) is 1.14. The van der Waals surface area contributed by atoms with Crippen LogP contribution in [0.4, 0.5) is 0 Å². The largest absolute Gasteiger partial charge is 0.756 e. The summed E-state index contributed by atoms with van der Waals surface area (Å²) in [4.78, 5) is 37.8. The van der Waals surface area contributed by atoms with Gasteiger partial charge >= 0.3 is 11.9 Å². The fourth-order valence-corrected chi connectivity index (χ4v) is 7.91. The van der Waals surface area contributed by atoms with Crippen LogP contribution in [0.5, 0.6) is 0 Å². The average molecular weight is 972 g/mol. The van der Waals surface area contributed by atoms with Crippen molar-refractivity contribution in [2.75, 3.05) is 47.5 Å². The molecule has 0 saturated carbocycles. The predicted octanol–water partition coefficient (Wildman–Crippen LogP) is 16.1. The van der Waals surface area contributed by atoms with Crippen LogP contribution in [-0.2, 0) is 32.7 Å². The minimum absolute atomic E-state index is 0.0382. The lowest BCUT2D eigenvalue weighted by Gasteiger charge is -2.28. The van der Waals surface area contributed by atoms with Crippen molar-refractivity contribution in [2.24, 2.45) is 0 Å². The number of quaternary nitrogens is 1. The van der Waals surface area contributed by atoms with E-state index in [2.05, 4.69) is 98.9 Å². The first-order valence-electron chi connectivity index (χ1n) is 27.3. The van der Waals surface area contributed by atoms with Gasteiger partial charge in [-0.05, 0) is 89.9 Å². The van der Waals surface area contributed by atoms with E-state index in [4.69, 9.17) is 18.5 Å². The van der Waals surface area contributed by atoms with Crippen LogP contribution >= 0.6 is 7.82 Å². The van der Waals surface area contributed by atoms with Crippen LogP contribution in [0, 0.1) is 0 Å². The zero-order valence-electron chi connectivity index (χ0n) is 44.3. The molecule has 0 spiro atoms. The first-order chi connectivity index (χ1) is 33.0. The molecule has 0 heterocycles. The summed E-state index contributed by atoms with van der Waals surface area (Å²) in [5, 5.41) is 0. The standard InChI is InChI=1S/C58H102NO8P/c1-6-8-10-12-14-16-18-20-22-24-26-27-28-29-30-31-33-35-37-39-41-43-45-47-49-51-58(61)67-56(55-66-68(62,63)65-53-52-59(3,4)5)54-64-57(60)50-48-46-44-42-40-38-36-34-32-25-23-21-19-17-15-13-11-9-7-2/h8,10,14,16,20-23,26-27,29-30,33,35,56H,6-7,9,11-13,15,17-19,24-25,28,31-32,34,36-55H2,1-5H3/b10-8-,16-14-,22-20-,23-21-,27-26-,30-29-,35-33-. The van der Waals surface area contributed by atoms with Crippen LogP contribution in [0.3, 0.4) is 0 Å². The van der Waals surface area contributed by atoms with Gasteiger partial charge in [0, 0.05) is 12.8 Å². The molecular weight excluding hydrogens is 870 g/mol. The Morgan fingerprint density at radius 3 is 1.26 bits per heavy atom. The maximum atomic E-state index is 12.8. The SMILES string of the molecule is CC/C=C\C/C=C\C/C=C\C/C=C\C/C=C\C/C=C\CCCCCCCCC(=O)OC(COC(=O)CCCCCCCCCCC/C=C\CCCCCCCC)COP(=O)([O-])OCC[N+](C)(C)C. The number of unbranched alkanes of at least 4 members (excludes halogenated alkanes) is 21. The lowest BCUT2D eigenvalue weighted by molar-refractivity contribution is -0.870. The molecule has 0 aromatic carbocycles. The van der Waals surface area contributed by atoms with Gasteiger partial charge in [0.1, 0.15) is 19.8 Å². The molecule has 0 aliphatic rings. The van der Waals surface area contributed by atoms with E-state index in [1.165, 1.54) is 89.9 Å². The smallest absolute Gasteiger partial charge is 0.306 e. The van der Waals surface area contributed by atoms with Gasteiger partial charge in [-0.15, -0.1) is 0 Å². The second-order valence-electron chi connectivity index (χ2n) is 19.2. The number of hydrogen-bond donors (Lipinski definition) is 0. The molecule has 0 radical (unpaired) electrons. The summed E-state index contributed by atoms with van der Waals surface area (Å²) in [6.45, 7) is 4.10. The Labute approximate surface area is 418 Å². The van der Waals surface area contributed by atoms with E-state index in [9.17, 15) is 19.0 Å². The van der Waals surface area contributed by atoms with Crippen molar-refractivity contribution in [1.82, 2.24) is 0 Å². The van der Waals surface area contributed by atoms with Gasteiger partial charge in [0.25, 0.3) is 7.82 Å². The van der Waals surface area contributed by atoms with Crippen molar-refractivity contribution in [3.63, 3.8) is 0 Å². The maximum Gasteiger partial charge on any atom is 0.306 e. The molecule has 0 amide bonds. The summed E-state index contributed by atoms with van der Waals surface area (Å²) >= 11 is 0. The Bertz CT molecular complexity index is 1420. The summed E-state index contributed by atoms with van der Waals surface area (Å²) in [5.74, 6) is -0.855. The molecule has 2 atom stereocenters. The fraction of sp³-hybridized carbons (Fsp3) is 0.724. The normalized spacial score (nSPS) is 14.0. The van der Waals surface area contributed by atoms with E-state index in [1.54, 1.807) is 0 Å². The van der Waals surface area contributed by atoms with Crippen molar-refractivity contribution in [3.05, 3.63) is 85.1 Å². The predicted molar refractivity (Wildman–Crippen MR) is 286 cm³/mol. The number of esters is 2. The number of allylic oxidation sites excluding steroid dienone is 14. The molecule has 9 nitrogen and oxygen atoms in total. The molecule has 0 fully saturated rings. The van der Waals surface area contributed by atoms with Gasteiger partial charge in [-0.1, -0.05) is 202 Å². The minimum atomic E-state index is -4.64. The van der Waals surface area contributed by atoms with E-state index in [-0.39, 0.29) is 26.1 Å². The third-order valence-corrected chi connectivity index (χ3v) is 12.4. The Hall–Kier alpha value is -2.81. The summed E-state index contributed by atoms with van der Waals surface area (Å²) in [6.07, 6.45) is 64.7. The summed E-state index contributed by atoms with van der Waals surface area (Å²) in [5.41, 5.74) is 0. The molecule has 0 bridgehead atoms. The first-order valence-corrected chi connectivity index (χ1v) is 28.8. The molecule has 0 rings (SSSR count). The number of likely N-dealkylation sites (N-methyl/N-ethyl adjacent to an activating group) is 1. The highest BCUT2D eigenvalue weighted by Gasteiger charge is 2.21. The van der Waals surface area contributed by atoms with Crippen LogP contribution in [-0.4, -0.2) is 70.0 Å². The zero-order chi connectivity index (χ0) is 49.9. The van der Waals surface area contributed by atoms with Crippen LogP contribution in [0.15, 0.2) is 85.1 Å². The molecule has 0 aliphatic carbocycles. The number of carbonyl (C=O) groups is 2. The Balaban J connectivity index is 4.27. The van der Waals surface area contributed by atoms with E-state index >= 15 is 0 Å². The van der Waals surface area contributed by atoms with Crippen LogP contribution in [0.1, 0.15) is 219 Å². The van der Waals surface area contributed by atoms with E-state index in [0.29, 0.717) is 17.4 Å². The Kier molecular flexibility index (Phi) is 47.2. The molecule has 392 valence electrons. The van der Waals surface area contributed by atoms with Crippen molar-refractivity contribution in [2.45, 2.75) is 225 Å². The molecule has 0 aromatic rings. The van der Waals surface area contributed by atoms with E-state index < -0.39 is 32.5 Å². The topological polar surface area (TPSA) is 111 Å². The number of phosphoric acid groups is 1. The van der Waals surface area contributed by atoms with Gasteiger partial charge in [-0.25, -0.2) is 0 Å². The lowest BCUT2D eigenvalue weighted by Crippen LogP contribution is -2.37. The van der Waals surface area contributed by atoms with Crippen LogP contribution < -0.4 is 4.89 Å². The highest BCUT2D eigenvalue weighted by Crippen LogP contribution is 2.38. The van der Waals surface area contributed by atoms with Gasteiger partial charge in [0.05, 0.1) is 27.7 Å². The lowest BCUT2D eigenvalue weighted by atomic mass is 10.1. The third-order valence-electron chi connectivity index (χ3n) is 11.4. The molecule has 10 heteroatoms. The monoisotopic (exact) mass is 972 g/mol. The fourth-order valence-electron chi connectivity index (χ4n) is 7.18. The molecule has 0 N–H and O–H groups in total. The zero-order valence-corrected chi connectivity index (χ0v) is 45.2. The molecule has 0 aliphatic heterocycles. The van der Waals surface area contributed by atoms with Gasteiger partial charge in [-0.3, -0.25) is 14.2 Å². The van der Waals surface area contributed by atoms with Gasteiger partial charge in [0.2, 0.25) is 0 Å². The van der Waals surface area contributed by atoms with Crippen molar-refractivity contribution < 1.29 is 42.1 Å². The van der Waals surface area contributed by atoms with Crippen molar-refractivity contribution in [3.8, 4) is 0 Å². The molecule has 0 aromatic heterocycles. The Morgan fingerprint density at radius 1 is 0.471 bits per heavy atom. The quantitative estimate of drug-likeness (QED) is 0.0195. The first kappa shape index (κ1) is 65.2. The molecule has 68 heavy (non-hydrogen) atoms. The van der Waals surface area contributed by atoms with E-state index in [0.717, 1.165) is 96.3 Å². The number of hydrogen-bond acceptors (Lipinski definition) is 8. The highest BCUT2D eigenvalue weighted by atomic mass is 31.2. The highest BCUT2D eigenvalue weighted by molar-refractivity contribution is 7.45. The van der Waals surface area contributed by atoms with Gasteiger partial charge in [0.15, 0.2) is 6.10 Å². The average Bonchev–Trinajstić information content (AvgIpc) is 3.30. The number of carbonyl (C=O) groups excluding carboxylic acids is 2. The third kappa shape index (κ3) is 52.6. The minimum Gasteiger partial charge on any atom is -0.756 e. The van der Waals surface area contributed by atoms with Crippen molar-refractivity contribution >= 4 is 19.8 Å². The molecular formula is C58H102NO8P. The van der Waals surface area contributed by atoms with Gasteiger partial charge < -0.3 is 27.9 Å². The number of ether oxygens (including phenoxy) is 2. The van der Waals surface area contributed by atoms with Crippen LogP contribution in [0.25, 0.3) is 0 Å². The summed E-state index contributed by atoms with van der Waals surface area (Å²) in [6, 6.07) is 0. The number of rotatable bonds is 49. The second-order valence-corrected chi connectivity index (χ2v) is 20.6. The van der Waals surface area contributed by atoms with Crippen molar-refractivity contribution in [1.29, 1.82) is 0 Å².